The van der Waals surface area contributed by atoms with Crippen LogP contribution in [0.1, 0.15) is 32.6 Å². The number of hydrogen-bond acceptors (Lipinski definition) is 3. The molecule has 1 aromatic heterocycles. The van der Waals surface area contributed by atoms with Gasteiger partial charge in [0.15, 0.2) is 5.16 Å². The van der Waals surface area contributed by atoms with E-state index in [9.17, 15) is 4.79 Å². The Morgan fingerprint density at radius 3 is 2.84 bits per heavy atom. The van der Waals surface area contributed by atoms with Gasteiger partial charge in [0.2, 0.25) is 5.91 Å². The summed E-state index contributed by atoms with van der Waals surface area (Å²) in [6.07, 6.45) is 6.77. The molecular weight excluding hydrogens is 330 g/mol. The first-order chi connectivity index (χ1) is 12.2. The van der Waals surface area contributed by atoms with Crippen molar-refractivity contribution < 1.29 is 4.79 Å². The lowest BCUT2D eigenvalue weighted by atomic mass is 10.2. The van der Waals surface area contributed by atoms with Gasteiger partial charge in [0.1, 0.15) is 0 Å². The molecule has 2 aliphatic carbocycles. The molecule has 0 N–H and O–H groups in total. The first kappa shape index (κ1) is 16.7. The summed E-state index contributed by atoms with van der Waals surface area (Å²) in [5.41, 5.74) is 2.08. The molecule has 2 aliphatic rings. The van der Waals surface area contributed by atoms with E-state index in [0.29, 0.717) is 24.4 Å². The van der Waals surface area contributed by atoms with E-state index in [4.69, 9.17) is 4.98 Å². The fraction of sp³-hybridized carbons (Fsp3) is 0.500. The van der Waals surface area contributed by atoms with Gasteiger partial charge in [-0.15, -0.1) is 6.58 Å². The lowest BCUT2D eigenvalue weighted by molar-refractivity contribution is -0.131. The fourth-order valence-corrected chi connectivity index (χ4v) is 4.48. The van der Waals surface area contributed by atoms with Gasteiger partial charge in [-0.3, -0.25) is 4.79 Å². The highest BCUT2D eigenvalue weighted by molar-refractivity contribution is 7.99. The van der Waals surface area contributed by atoms with Crippen molar-refractivity contribution in [2.45, 2.75) is 56.4 Å². The molecule has 1 atom stereocenters. The number of fused-ring (bicyclic) bond motifs is 1. The Morgan fingerprint density at radius 2 is 2.16 bits per heavy atom. The quantitative estimate of drug-likeness (QED) is 0.528. The monoisotopic (exact) mass is 355 g/mol. The fourth-order valence-electron chi connectivity index (χ4n) is 3.59. The van der Waals surface area contributed by atoms with Gasteiger partial charge in [-0.05, 0) is 50.7 Å². The number of imidazole rings is 1. The van der Waals surface area contributed by atoms with E-state index < -0.39 is 0 Å². The van der Waals surface area contributed by atoms with Crippen LogP contribution in [-0.2, 0) is 11.3 Å². The number of hydrogen-bond donors (Lipinski definition) is 0. The van der Waals surface area contributed by atoms with Crippen molar-refractivity contribution in [3.63, 3.8) is 0 Å². The van der Waals surface area contributed by atoms with E-state index in [0.717, 1.165) is 22.1 Å². The topological polar surface area (TPSA) is 38.1 Å². The van der Waals surface area contributed by atoms with Gasteiger partial charge in [-0.1, -0.05) is 30.0 Å². The van der Waals surface area contributed by atoms with Crippen molar-refractivity contribution in [3.05, 3.63) is 36.9 Å². The molecule has 0 aliphatic heterocycles. The number of allylic oxidation sites excluding steroid dienone is 1. The smallest absolute Gasteiger partial charge is 0.233 e. The number of thioether (sulfide) groups is 1. The first-order valence-electron chi connectivity index (χ1n) is 9.19. The minimum absolute atomic E-state index is 0.268. The Morgan fingerprint density at radius 1 is 1.40 bits per heavy atom. The van der Waals surface area contributed by atoms with Crippen molar-refractivity contribution in [3.8, 4) is 0 Å². The molecule has 132 valence electrons. The molecule has 1 amide bonds. The molecule has 0 bridgehead atoms. The zero-order chi connectivity index (χ0) is 17.4. The maximum Gasteiger partial charge on any atom is 0.233 e. The summed E-state index contributed by atoms with van der Waals surface area (Å²) in [6, 6.07) is 8.99. The SMILES string of the molecule is C=CCn1c(SCC(=O)N(C2CC2)C(C)C2CC2)nc2ccccc21. The van der Waals surface area contributed by atoms with Crippen LogP contribution in [0.2, 0.25) is 0 Å². The third-order valence-corrected chi connectivity index (χ3v) is 6.19. The number of nitrogens with zero attached hydrogens (tertiary/aromatic N) is 3. The van der Waals surface area contributed by atoms with E-state index in [-0.39, 0.29) is 5.91 Å². The van der Waals surface area contributed by atoms with E-state index in [1.807, 2.05) is 24.3 Å². The maximum atomic E-state index is 12.9. The molecule has 0 radical (unpaired) electrons. The lowest BCUT2D eigenvalue weighted by Crippen LogP contribution is -2.42. The Hall–Kier alpha value is -1.75. The Kier molecular flexibility index (Phi) is 4.59. The summed E-state index contributed by atoms with van der Waals surface area (Å²) in [5, 5.41) is 0.907. The van der Waals surface area contributed by atoms with E-state index in [1.165, 1.54) is 25.7 Å². The summed E-state index contributed by atoms with van der Waals surface area (Å²) < 4.78 is 2.14. The summed E-state index contributed by atoms with van der Waals surface area (Å²) in [4.78, 5) is 19.8. The van der Waals surface area contributed by atoms with Crippen LogP contribution in [-0.4, -0.2) is 38.2 Å². The molecule has 0 spiro atoms. The summed E-state index contributed by atoms with van der Waals surface area (Å²) >= 11 is 1.56. The van der Waals surface area contributed by atoms with Crippen LogP contribution < -0.4 is 0 Å². The van der Waals surface area contributed by atoms with E-state index >= 15 is 0 Å². The predicted octanol–water partition coefficient (Wildman–Crippen LogP) is 4.10. The third-order valence-electron chi connectivity index (χ3n) is 5.23. The molecule has 1 heterocycles. The highest BCUT2D eigenvalue weighted by atomic mass is 32.2. The number of carbonyl (C=O) groups excluding carboxylic acids is 1. The number of amides is 1. The molecule has 5 heteroatoms. The van der Waals surface area contributed by atoms with Crippen molar-refractivity contribution in [1.29, 1.82) is 0 Å². The standard InChI is InChI=1S/C20H25N3OS/c1-3-12-22-18-7-5-4-6-17(18)21-20(22)25-13-19(24)23(16-10-11-16)14(2)15-8-9-15/h3-7,14-16H,1,8-13H2,2H3. The van der Waals surface area contributed by atoms with Gasteiger partial charge in [0.05, 0.1) is 16.8 Å². The van der Waals surface area contributed by atoms with Crippen molar-refractivity contribution >= 4 is 28.7 Å². The lowest BCUT2D eigenvalue weighted by Gasteiger charge is -2.29. The highest BCUT2D eigenvalue weighted by Crippen LogP contribution is 2.40. The van der Waals surface area contributed by atoms with Crippen molar-refractivity contribution in [1.82, 2.24) is 14.5 Å². The molecule has 4 rings (SSSR count). The second-order valence-electron chi connectivity index (χ2n) is 7.18. The summed E-state index contributed by atoms with van der Waals surface area (Å²) in [7, 11) is 0. The second kappa shape index (κ2) is 6.87. The number of benzene rings is 1. The predicted molar refractivity (Wildman–Crippen MR) is 103 cm³/mol. The summed E-state index contributed by atoms with van der Waals surface area (Å²) in [5.74, 6) is 1.46. The first-order valence-corrected chi connectivity index (χ1v) is 10.2. The van der Waals surface area contributed by atoms with Crippen LogP contribution >= 0.6 is 11.8 Å². The zero-order valence-electron chi connectivity index (χ0n) is 14.7. The minimum atomic E-state index is 0.268. The Labute approximate surface area is 153 Å². The molecule has 2 fully saturated rings. The molecular formula is C20H25N3OS. The van der Waals surface area contributed by atoms with Gasteiger partial charge in [0.25, 0.3) is 0 Å². The number of rotatable bonds is 8. The molecule has 1 aromatic carbocycles. The second-order valence-corrected chi connectivity index (χ2v) is 8.12. The average Bonchev–Trinajstić information content (AvgIpc) is 3.51. The number of aromatic nitrogens is 2. The molecule has 2 saturated carbocycles. The molecule has 25 heavy (non-hydrogen) atoms. The maximum absolute atomic E-state index is 12.9. The van der Waals surface area contributed by atoms with Crippen molar-refractivity contribution in [2.75, 3.05) is 5.75 Å². The molecule has 2 aromatic rings. The van der Waals surface area contributed by atoms with Crippen LogP contribution in [0.5, 0.6) is 0 Å². The zero-order valence-corrected chi connectivity index (χ0v) is 15.5. The summed E-state index contributed by atoms with van der Waals surface area (Å²) in [6.45, 7) is 6.79. The number of carbonyl (C=O) groups is 1. The van der Waals surface area contributed by atoms with Gasteiger partial charge < -0.3 is 9.47 Å². The third kappa shape index (κ3) is 3.47. The van der Waals surface area contributed by atoms with Gasteiger partial charge >= 0.3 is 0 Å². The van der Waals surface area contributed by atoms with Gasteiger partial charge in [0, 0.05) is 18.6 Å². The normalized spacial score (nSPS) is 18.3. The highest BCUT2D eigenvalue weighted by Gasteiger charge is 2.41. The van der Waals surface area contributed by atoms with Crippen LogP contribution in [0.15, 0.2) is 42.1 Å². The average molecular weight is 356 g/mol. The van der Waals surface area contributed by atoms with Crippen molar-refractivity contribution in [2.24, 2.45) is 5.92 Å². The Balaban J connectivity index is 1.50. The molecule has 0 saturated heterocycles. The van der Waals surface area contributed by atoms with E-state index in [1.54, 1.807) is 11.8 Å². The van der Waals surface area contributed by atoms with Crippen LogP contribution in [0.4, 0.5) is 0 Å². The van der Waals surface area contributed by atoms with Gasteiger partial charge in [-0.25, -0.2) is 4.98 Å². The van der Waals surface area contributed by atoms with Crippen LogP contribution in [0.25, 0.3) is 11.0 Å². The number of para-hydroxylation sites is 2. The van der Waals surface area contributed by atoms with Crippen LogP contribution in [0, 0.1) is 5.92 Å². The van der Waals surface area contributed by atoms with Gasteiger partial charge in [-0.2, -0.15) is 0 Å². The van der Waals surface area contributed by atoms with Crippen LogP contribution in [0.3, 0.4) is 0 Å². The van der Waals surface area contributed by atoms with E-state index in [2.05, 4.69) is 29.0 Å². The Bertz CT molecular complexity index is 791. The molecule has 1 unspecified atom stereocenters. The minimum Gasteiger partial charge on any atom is -0.336 e. The molecule has 4 nitrogen and oxygen atoms in total. The largest absolute Gasteiger partial charge is 0.336 e.